The maximum Gasteiger partial charge on any atom is 0.123 e. The molecule has 0 aromatic heterocycles. The molecule has 2 aromatic rings. The van der Waals surface area contributed by atoms with E-state index in [0.29, 0.717) is 6.54 Å². The van der Waals surface area contributed by atoms with Crippen LogP contribution in [0.1, 0.15) is 31.9 Å². The Balaban J connectivity index is 1.78. The molecule has 2 aromatic carbocycles. The highest BCUT2D eigenvalue weighted by molar-refractivity contribution is 5.44. The third-order valence-corrected chi connectivity index (χ3v) is 4.56. The van der Waals surface area contributed by atoms with Gasteiger partial charge in [-0.3, -0.25) is 0 Å². The first-order chi connectivity index (χ1) is 13.3. The lowest BCUT2D eigenvalue weighted by atomic mass is 9.86. The van der Waals surface area contributed by atoms with Crippen LogP contribution in [0.3, 0.4) is 0 Å². The quantitative estimate of drug-likeness (QED) is 0.610. The molecule has 5 heteroatoms. The molecule has 0 aliphatic carbocycles. The molecule has 154 valence electrons. The Labute approximate surface area is 168 Å². The van der Waals surface area contributed by atoms with Crippen molar-refractivity contribution in [3.8, 4) is 17.2 Å². The zero-order valence-corrected chi connectivity index (χ0v) is 17.6. The van der Waals surface area contributed by atoms with E-state index >= 15 is 0 Å². The van der Waals surface area contributed by atoms with Crippen LogP contribution in [0.25, 0.3) is 0 Å². The van der Waals surface area contributed by atoms with Gasteiger partial charge >= 0.3 is 0 Å². The standard InChI is InChI=1S/C23H33NO4/c1-23(2,3)21-14-20(27-5)10-11-22(21)28-16-18(25)15-24-13-12-17-6-8-19(26-4)9-7-17/h6-11,14,18,24-25H,12-13,15-16H2,1-5H3/t18-/m1/s1. The molecule has 0 radical (unpaired) electrons. The van der Waals surface area contributed by atoms with Crippen molar-refractivity contribution in [2.24, 2.45) is 0 Å². The van der Waals surface area contributed by atoms with Gasteiger partial charge in [0.15, 0.2) is 0 Å². The molecular formula is C23H33NO4. The van der Waals surface area contributed by atoms with Gasteiger partial charge < -0.3 is 24.6 Å². The summed E-state index contributed by atoms with van der Waals surface area (Å²) in [6, 6.07) is 13.8. The number of ether oxygens (including phenoxy) is 3. The summed E-state index contributed by atoms with van der Waals surface area (Å²) in [6.07, 6.45) is 0.315. The minimum atomic E-state index is -0.578. The van der Waals surface area contributed by atoms with Gasteiger partial charge in [-0.25, -0.2) is 0 Å². The van der Waals surface area contributed by atoms with Crippen LogP contribution in [0, 0.1) is 0 Å². The van der Waals surface area contributed by atoms with Crippen molar-refractivity contribution < 1.29 is 19.3 Å². The van der Waals surface area contributed by atoms with Gasteiger partial charge in [0.2, 0.25) is 0 Å². The second-order valence-corrected chi connectivity index (χ2v) is 7.88. The van der Waals surface area contributed by atoms with Gasteiger partial charge in [0.25, 0.3) is 0 Å². The number of aliphatic hydroxyl groups excluding tert-OH is 1. The number of rotatable bonds is 10. The van der Waals surface area contributed by atoms with E-state index in [9.17, 15) is 5.11 Å². The maximum absolute atomic E-state index is 10.2. The average Bonchev–Trinajstić information content (AvgIpc) is 2.69. The summed E-state index contributed by atoms with van der Waals surface area (Å²) < 4.78 is 16.4. The van der Waals surface area contributed by atoms with Gasteiger partial charge in [0.1, 0.15) is 30.0 Å². The van der Waals surface area contributed by atoms with Gasteiger partial charge in [-0.05, 0) is 54.3 Å². The fraction of sp³-hybridized carbons (Fsp3) is 0.478. The summed E-state index contributed by atoms with van der Waals surface area (Å²) in [5.74, 6) is 2.45. The van der Waals surface area contributed by atoms with Gasteiger partial charge in [-0.15, -0.1) is 0 Å². The lowest BCUT2D eigenvalue weighted by molar-refractivity contribution is 0.105. The van der Waals surface area contributed by atoms with Crippen LogP contribution in [-0.4, -0.2) is 45.1 Å². The van der Waals surface area contributed by atoms with Crippen molar-refractivity contribution in [3.63, 3.8) is 0 Å². The zero-order chi connectivity index (χ0) is 20.6. The van der Waals surface area contributed by atoms with E-state index in [4.69, 9.17) is 14.2 Å². The first kappa shape index (κ1) is 22.1. The van der Waals surface area contributed by atoms with E-state index in [1.54, 1.807) is 14.2 Å². The Kier molecular flexibility index (Phi) is 8.15. The number of hydrogen-bond donors (Lipinski definition) is 2. The first-order valence-electron chi connectivity index (χ1n) is 9.66. The molecular weight excluding hydrogens is 354 g/mol. The molecule has 0 unspecified atom stereocenters. The number of aliphatic hydroxyl groups is 1. The van der Waals surface area contributed by atoms with Crippen molar-refractivity contribution in [2.45, 2.75) is 38.7 Å². The monoisotopic (exact) mass is 387 g/mol. The SMILES string of the molecule is COc1ccc(CCNC[C@@H](O)COc2ccc(OC)cc2C(C)(C)C)cc1. The van der Waals surface area contributed by atoms with Crippen LogP contribution < -0.4 is 19.5 Å². The van der Waals surface area contributed by atoms with Gasteiger partial charge in [0.05, 0.1) is 14.2 Å². The van der Waals surface area contributed by atoms with E-state index in [0.717, 1.165) is 35.8 Å². The van der Waals surface area contributed by atoms with Crippen molar-refractivity contribution in [1.82, 2.24) is 5.32 Å². The molecule has 28 heavy (non-hydrogen) atoms. The Hall–Kier alpha value is -2.24. The van der Waals surface area contributed by atoms with Crippen LogP contribution >= 0.6 is 0 Å². The fourth-order valence-corrected chi connectivity index (χ4v) is 2.89. The molecule has 0 fully saturated rings. The second kappa shape index (κ2) is 10.3. The molecule has 0 aliphatic heterocycles. The van der Waals surface area contributed by atoms with E-state index in [-0.39, 0.29) is 12.0 Å². The van der Waals surface area contributed by atoms with Gasteiger partial charge in [-0.2, -0.15) is 0 Å². The predicted octanol–water partition coefficient (Wildman–Crippen LogP) is 3.57. The Morgan fingerprint density at radius 2 is 1.61 bits per heavy atom. The molecule has 2 rings (SSSR count). The second-order valence-electron chi connectivity index (χ2n) is 7.88. The molecule has 0 saturated carbocycles. The minimum Gasteiger partial charge on any atom is -0.497 e. The highest BCUT2D eigenvalue weighted by Gasteiger charge is 2.20. The number of benzene rings is 2. The number of hydrogen-bond acceptors (Lipinski definition) is 5. The average molecular weight is 388 g/mol. The molecule has 0 heterocycles. The Morgan fingerprint density at radius 1 is 0.964 bits per heavy atom. The predicted molar refractivity (Wildman–Crippen MR) is 113 cm³/mol. The lowest BCUT2D eigenvalue weighted by Crippen LogP contribution is -2.32. The Bertz CT molecular complexity index is 722. The smallest absolute Gasteiger partial charge is 0.123 e. The van der Waals surface area contributed by atoms with Crippen molar-refractivity contribution in [3.05, 3.63) is 53.6 Å². The summed E-state index contributed by atoms with van der Waals surface area (Å²) in [5, 5.41) is 13.5. The summed E-state index contributed by atoms with van der Waals surface area (Å²) in [6.45, 7) is 7.91. The minimum absolute atomic E-state index is 0.0779. The highest BCUT2D eigenvalue weighted by atomic mass is 16.5. The summed E-state index contributed by atoms with van der Waals surface area (Å²) in [7, 11) is 3.32. The fourth-order valence-electron chi connectivity index (χ4n) is 2.89. The topological polar surface area (TPSA) is 60.0 Å². The normalized spacial score (nSPS) is 12.5. The molecule has 1 atom stereocenters. The van der Waals surface area contributed by atoms with Crippen molar-refractivity contribution >= 4 is 0 Å². The first-order valence-corrected chi connectivity index (χ1v) is 9.66. The van der Waals surface area contributed by atoms with Gasteiger partial charge in [-0.1, -0.05) is 32.9 Å². The molecule has 2 N–H and O–H groups in total. The van der Waals surface area contributed by atoms with Crippen LogP contribution in [-0.2, 0) is 11.8 Å². The van der Waals surface area contributed by atoms with Crippen LogP contribution in [0.15, 0.2) is 42.5 Å². The summed E-state index contributed by atoms with van der Waals surface area (Å²) in [4.78, 5) is 0. The molecule has 0 amide bonds. The number of nitrogens with one attached hydrogen (secondary N) is 1. The molecule has 0 saturated heterocycles. The van der Waals surface area contributed by atoms with E-state index in [1.807, 2.05) is 30.3 Å². The largest absolute Gasteiger partial charge is 0.497 e. The third kappa shape index (κ3) is 6.73. The molecule has 5 nitrogen and oxygen atoms in total. The lowest BCUT2D eigenvalue weighted by Gasteiger charge is -2.24. The van der Waals surface area contributed by atoms with Crippen molar-refractivity contribution in [1.29, 1.82) is 0 Å². The van der Waals surface area contributed by atoms with E-state index < -0.39 is 6.10 Å². The zero-order valence-electron chi connectivity index (χ0n) is 17.6. The molecule has 0 spiro atoms. The Morgan fingerprint density at radius 3 is 2.21 bits per heavy atom. The molecule has 0 aliphatic rings. The van der Waals surface area contributed by atoms with E-state index in [2.05, 4.69) is 38.2 Å². The molecule has 0 bridgehead atoms. The van der Waals surface area contributed by atoms with Gasteiger partial charge in [0, 0.05) is 12.1 Å². The van der Waals surface area contributed by atoms with E-state index in [1.165, 1.54) is 5.56 Å². The highest BCUT2D eigenvalue weighted by Crippen LogP contribution is 2.34. The van der Waals surface area contributed by atoms with Crippen molar-refractivity contribution in [2.75, 3.05) is 33.9 Å². The summed E-state index contributed by atoms with van der Waals surface area (Å²) >= 11 is 0. The number of methoxy groups -OCH3 is 2. The van der Waals surface area contributed by atoms with Crippen LogP contribution in [0.4, 0.5) is 0 Å². The maximum atomic E-state index is 10.2. The third-order valence-electron chi connectivity index (χ3n) is 4.56. The van der Waals surface area contributed by atoms with Crippen LogP contribution in [0.5, 0.6) is 17.2 Å². The van der Waals surface area contributed by atoms with Crippen LogP contribution in [0.2, 0.25) is 0 Å². The summed E-state index contributed by atoms with van der Waals surface area (Å²) in [5.41, 5.74) is 2.21.